The highest BCUT2D eigenvalue weighted by molar-refractivity contribution is 6.35. The third-order valence-corrected chi connectivity index (χ3v) is 3.28. The monoisotopic (exact) mass is 322 g/mol. The summed E-state index contributed by atoms with van der Waals surface area (Å²) in [5.74, 6) is -1.03. The maximum Gasteiger partial charge on any atom is 0.321 e. The number of benzene rings is 1. The Morgan fingerprint density at radius 2 is 2.00 bits per heavy atom. The van der Waals surface area contributed by atoms with Crippen LogP contribution in [0.4, 0.5) is 9.18 Å². The minimum Gasteiger partial charge on any atom is -0.341 e. The van der Waals surface area contributed by atoms with Gasteiger partial charge in [-0.1, -0.05) is 23.2 Å². The van der Waals surface area contributed by atoms with E-state index in [0.29, 0.717) is 10.6 Å². The van der Waals surface area contributed by atoms with E-state index >= 15 is 0 Å². The Hall–Kier alpha value is -1.37. The number of imide groups is 1. The Balaban J connectivity index is 2.63. The van der Waals surface area contributed by atoms with Crippen LogP contribution in [0.25, 0.3) is 0 Å². The fourth-order valence-corrected chi connectivity index (χ4v) is 2.09. The minimum absolute atomic E-state index is 0.00909. The molecule has 0 saturated carbocycles. The van der Waals surface area contributed by atoms with Gasteiger partial charge in [-0.05, 0) is 19.1 Å². The number of hydrogen-bond acceptors (Lipinski definition) is 2. The zero-order chi connectivity index (χ0) is 15.3. The zero-order valence-electron chi connectivity index (χ0n) is 11.0. The highest BCUT2D eigenvalue weighted by Gasteiger charge is 2.17. The molecule has 0 aliphatic heterocycles. The Kier molecular flexibility index (Phi) is 6.19. The maximum absolute atomic E-state index is 13.4. The summed E-state index contributed by atoms with van der Waals surface area (Å²) < 4.78 is 13.4. The molecule has 110 valence electrons. The van der Waals surface area contributed by atoms with Gasteiger partial charge in [-0.3, -0.25) is 10.1 Å². The van der Waals surface area contributed by atoms with E-state index in [2.05, 4.69) is 10.6 Å². The molecule has 1 rings (SSSR count). The van der Waals surface area contributed by atoms with E-state index < -0.39 is 17.8 Å². The summed E-state index contributed by atoms with van der Waals surface area (Å²) in [6.45, 7) is 1.77. The molecule has 0 heterocycles. The quantitative estimate of drug-likeness (QED) is 0.729. The normalized spacial score (nSPS) is 11.8. The lowest BCUT2D eigenvalue weighted by Crippen LogP contribution is -2.87. The van der Waals surface area contributed by atoms with Crippen molar-refractivity contribution in [3.63, 3.8) is 0 Å². The van der Waals surface area contributed by atoms with E-state index in [9.17, 15) is 14.0 Å². The molecule has 0 unspecified atom stereocenters. The van der Waals surface area contributed by atoms with Crippen LogP contribution in [0, 0.1) is 5.82 Å². The van der Waals surface area contributed by atoms with Crippen LogP contribution in [-0.2, 0) is 4.79 Å². The Bertz CT molecular complexity index is 526. The van der Waals surface area contributed by atoms with Crippen molar-refractivity contribution in [2.75, 3.05) is 13.6 Å². The second-order valence-electron chi connectivity index (χ2n) is 4.14. The zero-order valence-corrected chi connectivity index (χ0v) is 12.5. The van der Waals surface area contributed by atoms with Crippen LogP contribution in [-0.4, -0.2) is 25.5 Å². The van der Waals surface area contributed by atoms with Gasteiger partial charge >= 0.3 is 6.03 Å². The van der Waals surface area contributed by atoms with Crippen molar-refractivity contribution in [1.29, 1.82) is 0 Å². The number of urea groups is 1. The molecule has 0 aromatic heterocycles. The average Bonchev–Trinajstić information content (AvgIpc) is 2.40. The first kappa shape index (κ1) is 16.7. The molecule has 3 amide bonds. The Morgan fingerprint density at radius 3 is 2.60 bits per heavy atom. The standard InChI is InChI=1S/C12H14Cl2FN3O2/c1-6(17-5-11(19)18-12(20)16-2)7-3-10(15)9(14)4-8(7)13/h3-4,6,17H,5H2,1-2H3,(H2,16,18,19,20)/p+1/t6-/m1/s1. The van der Waals surface area contributed by atoms with Crippen molar-refractivity contribution >= 4 is 35.1 Å². The van der Waals surface area contributed by atoms with Crippen molar-refractivity contribution < 1.29 is 19.3 Å². The highest BCUT2D eigenvalue weighted by Crippen LogP contribution is 2.27. The van der Waals surface area contributed by atoms with Crippen molar-refractivity contribution in [3.05, 3.63) is 33.6 Å². The molecule has 0 fully saturated rings. The first-order valence-electron chi connectivity index (χ1n) is 5.84. The molecule has 0 radical (unpaired) electrons. The maximum atomic E-state index is 13.4. The first-order valence-corrected chi connectivity index (χ1v) is 6.60. The molecule has 0 aliphatic carbocycles. The number of hydrogen-bond donors (Lipinski definition) is 3. The van der Waals surface area contributed by atoms with Gasteiger partial charge in [0.2, 0.25) is 0 Å². The summed E-state index contributed by atoms with van der Waals surface area (Å²) in [5, 5.41) is 6.30. The SMILES string of the molecule is CNC(=O)NC(=O)C[NH2+][C@H](C)c1cc(F)c(Cl)cc1Cl. The van der Waals surface area contributed by atoms with Gasteiger partial charge in [0.05, 0.1) is 10.0 Å². The lowest BCUT2D eigenvalue weighted by Gasteiger charge is -2.13. The summed E-state index contributed by atoms with van der Waals surface area (Å²) in [5.41, 5.74) is 0.529. The number of quaternary nitrogens is 1. The van der Waals surface area contributed by atoms with Crippen LogP contribution in [0.15, 0.2) is 12.1 Å². The van der Waals surface area contributed by atoms with E-state index in [1.54, 1.807) is 12.2 Å². The predicted octanol–water partition coefficient (Wildman–Crippen LogP) is 1.21. The Labute approximate surface area is 125 Å². The Morgan fingerprint density at radius 1 is 1.35 bits per heavy atom. The molecule has 0 aliphatic rings. The van der Waals surface area contributed by atoms with Crippen molar-refractivity contribution in [1.82, 2.24) is 10.6 Å². The summed E-state index contributed by atoms with van der Waals surface area (Å²) in [6, 6.07) is 1.72. The summed E-state index contributed by atoms with van der Waals surface area (Å²) >= 11 is 11.6. The third-order valence-electron chi connectivity index (χ3n) is 2.67. The van der Waals surface area contributed by atoms with Crippen LogP contribution in [0.1, 0.15) is 18.5 Å². The van der Waals surface area contributed by atoms with Crippen LogP contribution in [0.3, 0.4) is 0 Å². The molecule has 0 spiro atoms. The molecule has 4 N–H and O–H groups in total. The van der Waals surface area contributed by atoms with Crippen LogP contribution < -0.4 is 16.0 Å². The molecule has 20 heavy (non-hydrogen) atoms. The van der Waals surface area contributed by atoms with Gasteiger partial charge in [-0.25, -0.2) is 9.18 Å². The molecule has 8 heteroatoms. The smallest absolute Gasteiger partial charge is 0.321 e. The molecule has 0 saturated heterocycles. The average molecular weight is 323 g/mol. The second-order valence-corrected chi connectivity index (χ2v) is 4.96. The summed E-state index contributed by atoms with van der Waals surface area (Å²) in [6.07, 6.45) is 0. The van der Waals surface area contributed by atoms with E-state index in [0.717, 1.165) is 0 Å². The van der Waals surface area contributed by atoms with Crippen molar-refractivity contribution in [3.8, 4) is 0 Å². The van der Waals surface area contributed by atoms with Gasteiger partial charge < -0.3 is 10.6 Å². The summed E-state index contributed by atoms with van der Waals surface area (Å²) in [4.78, 5) is 22.4. The minimum atomic E-state index is -0.577. The molecule has 0 bridgehead atoms. The highest BCUT2D eigenvalue weighted by atomic mass is 35.5. The molecule has 5 nitrogen and oxygen atoms in total. The number of halogens is 3. The number of rotatable bonds is 4. The third kappa shape index (κ3) is 4.63. The molecular weight excluding hydrogens is 308 g/mol. The van der Waals surface area contributed by atoms with Crippen LogP contribution in [0.2, 0.25) is 10.0 Å². The molecule has 1 aromatic carbocycles. The van der Waals surface area contributed by atoms with Crippen molar-refractivity contribution in [2.45, 2.75) is 13.0 Å². The van der Waals surface area contributed by atoms with Crippen molar-refractivity contribution in [2.24, 2.45) is 0 Å². The van der Waals surface area contributed by atoms with Gasteiger partial charge in [0, 0.05) is 12.6 Å². The largest absolute Gasteiger partial charge is 0.341 e. The number of nitrogens with one attached hydrogen (secondary N) is 2. The van der Waals surface area contributed by atoms with Gasteiger partial charge in [0.25, 0.3) is 5.91 Å². The van der Waals surface area contributed by atoms with E-state index in [4.69, 9.17) is 23.2 Å². The molecule has 1 aromatic rings. The van der Waals surface area contributed by atoms with Crippen LogP contribution in [0.5, 0.6) is 0 Å². The van der Waals surface area contributed by atoms with Gasteiger partial charge in [0.1, 0.15) is 11.9 Å². The number of amides is 3. The first-order chi connectivity index (χ1) is 9.35. The molecule has 1 atom stereocenters. The fraction of sp³-hybridized carbons (Fsp3) is 0.333. The molecular formula is C12H15Cl2FN3O2+. The second kappa shape index (κ2) is 7.42. The van der Waals surface area contributed by atoms with Gasteiger partial charge in [-0.2, -0.15) is 0 Å². The topological polar surface area (TPSA) is 74.8 Å². The lowest BCUT2D eigenvalue weighted by atomic mass is 10.1. The van der Waals surface area contributed by atoms with E-state index in [-0.39, 0.29) is 17.6 Å². The number of carbonyl (C=O) groups is 2. The van der Waals surface area contributed by atoms with E-state index in [1.165, 1.54) is 19.2 Å². The van der Waals surface area contributed by atoms with Crippen LogP contribution >= 0.6 is 23.2 Å². The van der Waals surface area contributed by atoms with Gasteiger partial charge in [-0.15, -0.1) is 0 Å². The lowest BCUT2D eigenvalue weighted by molar-refractivity contribution is -0.682. The predicted molar refractivity (Wildman–Crippen MR) is 74.2 cm³/mol. The fourth-order valence-electron chi connectivity index (χ4n) is 1.54. The summed E-state index contributed by atoms with van der Waals surface area (Å²) in [7, 11) is 1.41. The number of carbonyl (C=O) groups excluding carboxylic acids is 2. The number of nitrogens with two attached hydrogens (primary N) is 1. The van der Waals surface area contributed by atoms with E-state index in [1.807, 2.05) is 0 Å². The van der Waals surface area contributed by atoms with Gasteiger partial charge in [0.15, 0.2) is 6.54 Å².